The number of aliphatic hydroxyl groups excluding tert-OH is 3. The Labute approximate surface area is 239 Å². The van der Waals surface area contributed by atoms with Gasteiger partial charge in [-0.25, -0.2) is 12.5 Å². The number of nitrogens with one attached hydrogen (secondary N) is 1. The SMILES string of the molecule is CC(=O)N[C@H]1[C@H](OCCCN)O[C@H](COS(=O)(=O)O)[C@@H](O[C@@H]2O[C@H](COS(=O)(=O)O)[C@H](O)[C@H](O)[C@H]2O)[C@@H]1OS(=O)(=O)O. The van der Waals surface area contributed by atoms with Gasteiger partial charge in [0.15, 0.2) is 12.6 Å². The summed E-state index contributed by atoms with van der Waals surface area (Å²) in [6, 6.07) is -1.69. The van der Waals surface area contributed by atoms with E-state index in [0.29, 0.717) is 0 Å². The summed E-state index contributed by atoms with van der Waals surface area (Å²) in [5, 5.41) is 33.1. The molecule has 2 rings (SSSR count). The molecule has 0 radical (unpaired) electrons. The third-order valence-corrected chi connectivity index (χ3v) is 6.94. The molecule has 0 spiro atoms. The molecule has 1 amide bonds. The van der Waals surface area contributed by atoms with Crippen molar-refractivity contribution in [1.29, 1.82) is 0 Å². The van der Waals surface area contributed by atoms with E-state index in [4.69, 9.17) is 38.0 Å². The van der Waals surface area contributed by atoms with E-state index in [1.54, 1.807) is 0 Å². The van der Waals surface area contributed by atoms with Gasteiger partial charge in [0.05, 0.1) is 19.8 Å². The van der Waals surface area contributed by atoms with Gasteiger partial charge in [-0.3, -0.25) is 18.5 Å². The minimum absolute atomic E-state index is 0.108. The molecule has 2 aliphatic heterocycles. The summed E-state index contributed by atoms with van der Waals surface area (Å²) < 4.78 is 130. The van der Waals surface area contributed by atoms with Crippen LogP contribution in [0.25, 0.3) is 0 Å². The zero-order valence-electron chi connectivity index (χ0n) is 21.5. The van der Waals surface area contributed by atoms with Crippen LogP contribution in [0, 0.1) is 0 Å². The van der Waals surface area contributed by atoms with Gasteiger partial charge >= 0.3 is 31.2 Å². The molecule has 2 fully saturated rings. The van der Waals surface area contributed by atoms with Crippen molar-refractivity contribution < 1.29 is 90.5 Å². The molecule has 42 heavy (non-hydrogen) atoms. The van der Waals surface area contributed by atoms with Crippen molar-refractivity contribution >= 4 is 37.1 Å². The van der Waals surface area contributed by atoms with Gasteiger partial charge < -0.3 is 45.3 Å². The van der Waals surface area contributed by atoms with E-state index in [2.05, 4.69) is 13.7 Å². The number of hydrogen-bond donors (Lipinski definition) is 8. The van der Waals surface area contributed by atoms with Crippen LogP contribution >= 0.6 is 0 Å². The van der Waals surface area contributed by atoms with E-state index in [0.717, 1.165) is 6.92 Å². The second kappa shape index (κ2) is 15.2. The molecule has 248 valence electrons. The Morgan fingerprint density at radius 1 is 0.810 bits per heavy atom. The molecule has 2 saturated heterocycles. The summed E-state index contributed by atoms with van der Waals surface area (Å²) in [4.78, 5) is 12.0. The third kappa shape index (κ3) is 11.7. The molecule has 0 aromatic rings. The minimum Gasteiger partial charge on any atom is -0.387 e. The number of aliphatic hydroxyl groups is 3. The quantitative estimate of drug-likeness (QED) is 0.0591. The monoisotopic (exact) mass is 680 g/mol. The van der Waals surface area contributed by atoms with Crippen LogP contribution in [0.1, 0.15) is 13.3 Å². The summed E-state index contributed by atoms with van der Waals surface area (Å²) in [5.74, 6) is -0.832. The largest absolute Gasteiger partial charge is 0.397 e. The number of carbonyl (C=O) groups excluding carboxylic acids is 1. The molecule has 0 aromatic carbocycles. The zero-order valence-corrected chi connectivity index (χ0v) is 24.0. The predicted molar refractivity (Wildman–Crippen MR) is 129 cm³/mol. The molecule has 0 saturated carbocycles. The molecule has 0 aromatic heterocycles. The molecule has 0 unspecified atom stereocenters. The Morgan fingerprint density at radius 2 is 1.36 bits per heavy atom. The van der Waals surface area contributed by atoms with Crippen LogP contribution in [-0.4, -0.2) is 148 Å². The fourth-order valence-electron chi connectivity index (χ4n) is 3.90. The van der Waals surface area contributed by atoms with Crippen molar-refractivity contribution in [3.8, 4) is 0 Å². The fourth-order valence-corrected chi connectivity index (χ4v) is 5.02. The Hall–Kier alpha value is -1.24. The average molecular weight is 681 g/mol. The van der Waals surface area contributed by atoms with Gasteiger partial charge in [-0.1, -0.05) is 0 Å². The van der Waals surface area contributed by atoms with E-state index in [-0.39, 0.29) is 19.6 Å². The Bertz CT molecular complexity index is 1210. The van der Waals surface area contributed by atoms with Gasteiger partial charge in [-0.2, -0.15) is 25.3 Å². The topological polar surface area (TPSA) is 344 Å². The first-order valence-corrected chi connectivity index (χ1v) is 15.8. The molecular weight excluding hydrogens is 648 g/mol. The smallest absolute Gasteiger partial charge is 0.387 e. The normalized spacial score (nSPS) is 34.7. The van der Waals surface area contributed by atoms with Gasteiger partial charge in [0.1, 0.15) is 48.8 Å². The lowest BCUT2D eigenvalue weighted by molar-refractivity contribution is -0.345. The molecule has 2 heterocycles. The Kier molecular flexibility index (Phi) is 13.3. The van der Waals surface area contributed by atoms with E-state index in [1.807, 2.05) is 0 Å². The summed E-state index contributed by atoms with van der Waals surface area (Å²) in [7, 11) is -15.7. The maximum Gasteiger partial charge on any atom is 0.397 e. The van der Waals surface area contributed by atoms with Crippen LogP contribution in [0.2, 0.25) is 0 Å². The highest BCUT2D eigenvalue weighted by Crippen LogP contribution is 2.32. The molecule has 0 aliphatic carbocycles. The first kappa shape index (κ1) is 36.9. The molecule has 2 aliphatic rings. The first-order chi connectivity index (χ1) is 19.2. The van der Waals surface area contributed by atoms with Gasteiger partial charge in [-0.05, 0) is 13.0 Å². The van der Waals surface area contributed by atoms with E-state index >= 15 is 0 Å². The number of rotatable bonds is 15. The summed E-state index contributed by atoms with van der Waals surface area (Å²) in [6.45, 7) is -1.40. The van der Waals surface area contributed by atoms with E-state index in [1.165, 1.54) is 0 Å². The summed E-state index contributed by atoms with van der Waals surface area (Å²) in [6.07, 6.45) is -17.9. The van der Waals surface area contributed by atoms with Gasteiger partial charge in [0.2, 0.25) is 5.91 Å². The molecule has 9 N–H and O–H groups in total. The number of ether oxygens (including phenoxy) is 4. The highest BCUT2D eigenvalue weighted by atomic mass is 32.3. The molecular formula is C17H32N2O20S3. The van der Waals surface area contributed by atoms with Crippen LogP contribution in [0.4, 0.5) is 0 Å². The van der Waals surface area contributed by atoms with Crippen LogP contribution < -0.4 is 11.1 Å². The Morgan fingerprint density at radius 3 is 1.86 bits per heavy atom. The predicted octanol–water partition coefficient (Wildman–Crippen LogP) is -5.40. The fraction of sp³-hybridized carbons (Fsp3) is 0.941. The second-order valence-corrected chi connectivity index (χ2v) is 12.0. The number of amides is 1. The number of hydrogen-bond acceptors (Lipinski definition) is 18. The summed E-state index contributed by atoms with van der Waals surface area (Å²) in [5.41, 5.74) is 5.42. The molecule has 0 bridgehead atoms. The van der Waals surface area contributed by atoms with Crippen molar-refractivity contribution in [3.05, 3.63) is 0 Å². The lowest BCUT2D eigenvalue weighted by Gasteiger charge is -2.48. The Balaban J connectivity index is 2.53. The van der Waals surface area contributed by atoms with Gasteiger partial charge in [-0.15, -0.1) is 0 Å². The maximum atomic E-state index is 12.0. The van der Waals surface area contributed by atoms with Crippen LogP contribution in [0.5, 0.6) is 0 Å². The van der Waals surface area contributed by atoms with Crippen LogP contribution in [0.15, 0.2) is 0 Å². The van der Waals surface area contributed by atoms with E-state index < -0.39 is 112 Å². The van der Waals surface area contributed by atoms with Crippen molar-refractivity contribution in [2.24, 2.45) is 5.73 Å². The number of nitrogens with two attached hydrogens (primary N) is 1. The third-order valence-electron chi connectivity index (χ3n) is 5.60. The number of carbonyl (C=O) groups is 1. The molecule has 10 atom stereocenters. The summed E-state index contributed by atoms with van der Waals surface area (Å²) >= 11 is 0. The highest BCUT2D eigenvalue weighted by Gasteiger charge is 2.54. The van der Waals surface area contributed by atoms with Gasteiger partial charge in [0, 0.05) is 6.92 Å². The minimum atomic E-state index is -5.43. The first-order valence-electron chi connectivity index (χ1n) is 11.7. The highest BCUT2D eigenvalue weighted by molar-refractivity contribution is 7.81. The maximum absolute atomic E-state index is 12.0. The van der Waals surface area contributed by atoms with E-state index in [9.17, 15) is 49.9 Å². The van der Waals surface area contributed by atoms with Crippen LogP contribution in [0.3, 0.4) is 0 Å². The van der Waals surface area contributed by atoms with Gasteiger partial charge in [0.25, 0.3) is 0 Å². The lowest BCUT2D eigenvalue weighted by Crippen LogP contribution is -2.68. The standard InChI is InChI=1S/C17H32N2O20S3/c1-7(20)19-10-15(39-42(30,31)32)14(9(6-35-41(27,28)29)37-16(10)33-4-2-3-18)38-17-13(23)12(22)11(21)8(36-17)5-34-40(24,25)26/h8-17,21-23H,2-6,18H2,1H3,(H,19,20)(H,24,25,26)(H,27,28,29)(H,30,31,32)/t8-,9-,10-,11+,12+,13-,14-,15-,16-,17+/m1/s1. The average Bonchev–Trinajstić information content (AvgIpc) is 2.83. The molecule has 25 heteroatoms. The van der Waals surface area contributed by atoms with Crippen molar-refractivity contribution in [1.82, 2.24) is 5.32 Å². The second-order valence-electron chi connectivity index (χ2n) is 8.81. The zero-order chi connectivity index (χ0) is 32.0. The van der Waals surface area contributed by atoms with Crippen molar-refractivity contribution in [3.63, 3.8) is 0 Å². The lowest BCUT2D eigenvalue weighted by atomic mass is 9.95. The van der Waals surface area contributed by atoms with Crippen molar-refractivity contribution in [2.45, 2.75) is 74.7 Å². The van der Waals surface area contributed by atoms with Crippen molar-refractivity contribution in [2.75, 3.05) is 26.4 Å². The van der Waals surface area contributed by atoms with Crippen LogP contribution in [-0.2, 0) is 67.5 Å². The molecule has 22 nitrogen and oxygen atoms in total.